The Bertz CT molecular complexity index is 125. The highest BCUT2D eigenvalue weighted by molar-refractivity contribution is 4.76. The van der Waals surface area contributed by atoms with E-state index in [1.54, 1.807) is 0 Å². The maximum Gasteiger partial charge on any atom is 0.0837 e. The second-order valence-corrected chi connectivity index (χ2v) is 3.77. The fourth-order valence-corrected chi connectivity index (χ4v) is 1.71. The molecule has 3 unspecified atom stereocenters. The van der Waals surface area contributed by atoms with Crippen molar-refractivity contribution in [3.8, 4) is 0 Å². The third-order valence-electron chi connectivity index (χ3n) is 2.55. The van der Waals surface area contributed by atoms with Crippen LogP contribution in [0.15, 0.2) is 0 Å². The van der Waals surface area contributed by atoms with E-state index in [-0.39, 0.29) is 12.2 Å². The Morgan fingerprint density at radius 1 is 1.42 bits per heavy atom. The van der Waals surface area contributed by atoms with E-state index in [0.29, 0.717) is 6.10 Å². The van der Waals surface area contributed by atoms with Gasteiger partial charge in [0.25, 0.3) is 0 Å². The largest absolute Gasteiger partial charge is 0.390 e. The van der Waals surface area contributed by atoms with Crippen molar-refractivity contribution in [3.63, 3.8) is 0 Å². The summed E-state index contributed by atoms with van der Waals surface area (Å²) in [5.41, 5.74) is 0. The van der Waals surface area contributed by atoms with Gasteiger partial charge in [-0.05, 0) is 26.2 Å². The highest BCUT2D eigenvalue weighted by Crippen LogP contribution is 2.22. The molecule has 0 bridgehead atoms. The van der Waals surface area contributed by atoms with E-state index < -0.39 is 0 Å². The molecule has 0 aromatic heterocycles. The fourth-order valence-electron chi connectivity index (χ4n) is 1.71. The van der Waals surface area contributed by atoms with Crippen LogP contribution in [-0.4, -0.2) is 23.4 Å². The molecule has 2 nitrogen and oxygen atoms in total. The van der Waals surface area contributed by atoms with Crippen LogP contribution >= 0.6 is 0 Å². The van der Waals surface area contributed by atoms with Gasteiger partial charge in [0.15, 0.2) is 0 Å². The van der Waals surface area contributed by atoms with Crippen molar-refractivity contribution in [2.24, 2.45) is 0 Å². The van der Waals surface area contributed by atoms with Gasteiger partial charge >= 0.3 is 0 Å². The molecule has 1 aliphatic rings. The molecule has 12 heavy (non-hydrogen) atoms. The molecular formula is C10H20O2. The number of hydrogen-bond acceptors (Lipinski definition) is 2. The first-order valence-electron chi connectivity index (χ1n) is 5.07. The van der Waals surface area contributed by atoms with Crippen LogP contribution in [0.1, 0.15) is 46.0 Å². The highest BCUT2D eigenvalue weighted by atomic mass is 16.5. The quantitative estimate of drug-likeness (QED) is 0.706. The van der Waals surface area contributed by atoms with Crippen LogP contribution in [0.25, 0.3) is 0 Å². The van der Waals surface area contributed by atoms with Crippen molar-refractivity contribution in [3.05, 3.63) is 0 Å². The number of ether oxygens (including phenoxy) is 1. The van der Waals surface area contributed by atoms with Crippen LogP contribution in [0.4, 0.5) is 0 Å². The molecule has 1 fully saturated rings. The Morgan fingerprint density at radius 3 is 2.83 bits per heavy atom. The molecule has 1 heterocycles. The van der Waals surface area contributed by atoms with Crippen molar-refractivity contribution in [2.45, 2.75) is 64.3 Å². The lowest BCUT2D eigenvalue weighted by Gasteiger charge is -2.32. The van der Waals surface area contributed by atoms with E-state index in [1.165, 1.54) is 6.42 Å². The average Bonchev–Trinajstić information content (AvgIpc) is 2.07. The second kappa shape index (κ2) is 4.83. The summed E-state index contributed by atoms with van der Waals surface area (Å²) in [4.78, 5) is 0. The van der Waals surface area contributed by atoms with Crippen LogP contribution < -0.4 is 0 Å². The summed E-state index contributed by atoms with van der Waals surface area (Å²) in [5.74, 6) is 0. The van der Waals surface area contributed by atoms with E-state index in [2.05, 4.69) is 13.8 Å². The molecule has 72 valence electrons. The van der Waals surface area contributed by atoms with Crippen LogP contribution in [0.5, 0.6) is 0 Å². The first-order valence-corrected chi connectivity index (χ1v) is 5.07. The number of unbranched alkanes of at least 4 members (excludes halogenated alkanes) is 1. The molecule has 0 amide bonds. The van der Waals surface area contributed by atoms with Crippen molar-refractivity contribution in [2.75, 3.05) is 0 Å². The van der Waals surface area contributed by atoms with Crippen LogP contribution in [0, 0.1) is 0 Å². The topological polar surface area (TPSA) is 29.5 Å². The normalized spacial score (nSPS) is 36.8. The Labute approximate surface area is 74.9 Å². The van der Waals surface area contributed by atoms with Gasteiger partial charge in [-0.3, -0.25) is 0 Å². The number of aliphatic hydroxyl groups excluding tert-OH is 1. The van der Waals surface area contributed by atoms with E-state index in [0.717, 1.165) is 25.7 Å². The van der Waals surface area contributed by atoms with Gasteiger partial charge in [0, 0.05) is 0 Å². The zero-order valence-electron chi connectivity index (χ0n) is 8.12. The summed E-state index contributed by atoms with van der Waals surface area (Å²) in [6.07, 6.45) is 5.51. The summed E-state index contributed by atoms with van der Waals surface area (Å²) in [5, 5.41) is 9.59. The van der Waals surface area contributed by atoms with E-state index in [9.17, 15) is 5.11 Å². The second-order valence-electron chi connectivity index (χ2n) is 3.77. The smallest absolute Gasteiger partial charge is 0.0837 e. The molecule has 0 aromatic carbocycles. The number of hydrogen-bond donors (Lipinski definition) is 1. The summed E-state index contributed by atoms with van der Waals surface area (Å²) in [6, 6.07) is 0. The molecule has 0 aliphatic carbocycles. The third-order valence-corrected chi connectivity index (χ3v) is 2.55. The van der Waals surface area contributed by atoms with Crippen LogP contribution in [0.3, 0.4) is 0 Å². The van der Waals surface area contributed by atoms with Crippen LogP contribution in [-0.2, 0) is 4.74 Å². The SMILES string of the molecule is CCCCC1OC(C)CCC1O. The fraction of sp³-hybridized carbons (Fsp3) is 1.00. The lowest BCUT2D eigenvalue weighted by molar-refractivity contribution is -0.113. The molecule has 0 aromatic rings. The predicted octanol–water partition coefficient (Wildman–Crippen LogP) is 2.11. The zero-order chi connectivity index (χ0) is 8.97. The Morgan fingerprint density at radius 2 is 2.17 bits per heavy atom. The first-order chi connectivity index (χ1) is 5.74. The van der Waals surface area contributed by atoms with Crippen molar-refractivity contribution < 1.29 is 9.84 Å². The Hall–Kier alpha value is -0.0800. The molecular weight excluding hydrogens is 152 g/mol. The molecule has 1 N–H and O–H groups in total. The lowest BCUT2D eigenvalue weighted by Crippen LogP contribution is -2.37. The van der Waals surface area contributed by atoms with Gasteiger partial charge in [-0.1, -0.05) is 19.8 Å². The molecule has 0 saturated carbocycles. The minimum Gasteiger partial charge on any atom is -0.390 e. The average molecular weight is 172 g/mol. The molecule has 2 heteroatoms. The lowest BCUT2D eigenvalue weighted by atomic mass is 9.98. The van der Waals surface area contributed by atoms with Gasteiger partial charge in [-0.15, -0.1) is 0 Å². The first kappa shape index (κ1) is 10.0. The third kappa shape index (κ3) is 2.76. The van der Waals surface area contributed by atoms with E-state index in [1.807, 2.05) is 0 Å². The van der Waals surface area contributed by atoms with Gasteiger partial charge in [0.2, 0.25) is 0 Å². The summed E-state index contributed by atoms with van der Waals surface area (Å²) < 4.78 is 5.65. The molecule has 1 aliphatic heterocycles. The summed E-state index contributed by atoms with van der Waals surface area (Å²) >= 11 is 0. The van der Waals surface area contributed by atoms with Crippen molar-refractivity contribution >= 4 is 0 Å². The van der Waals surface area contributed by atoms with Gasteiger partial charge < -0.3 is 9.84 Å². The molecule has 1 rings (SSSR count). The van der Waals surface area contributed by atoms with Crippen molar-refractivity contribution in [1.29, 1.82) is 0 Å². The van der Waals surface area contributed by atoms with Crippen LogP contribution in [0.2, 0.25) is 0 Å². The number of aliphatic hydroxyl groups is 1. The van der Waals surface area contributed by atoms with Gasteiger partial charge in [-0.25, -0.2) is 0 Å². The summed E-state index contributed by atoms with van der Waals surface area (Å²) in [7, 11) is 0. The Balaban J connectivity index is 2.28. The maximum absolute atomic E-state index is 9.59. The van der Waals surface area contributed by atoms with Crippen molar-refractivity contribution in [1.82, 2.24) is 0 Å². The molecule has 0 spiro atoms. The standard InChI is InChI=1S/C10H20O2/c1-3-4-5-10-9(11)7-6-8(2)12-10/h8-11H,3-7H2,1-2H3. The molecule has 3 atom stereocenters. The minimum absolute atomic E-state index is 0.105. The summed E-state index contributed by atoms with van der Waals surface area (Å²) in [6.45, 7) is 4.25. The Kier molecular flexibility index (Phi) is 4.02. The van der Waals surface area contributed by atoms with Gasteiger partial charge in [-0.2, -0.15) is 0 Å². The minimum atomic E-state index is -0.215. The molecule has 1 saturated heterocycles. The van der Waals surface area contributed by atoms with E-state index >= 15 is 0 Å². The zero-order valence-corrected chi connectivity index (χ0v) is 8.12. The number of rotatable bonds is 3. The highest BCUT2D eigenvalue weighted by Gasteiger charge is 2.26. The van der Waals surface area contributed by atoms with E-state index in [4.69, 9.17) is 4.74 Å². The van der Waals surface area contributed by atoms with Gasteiger partial charge in [0.05, 0.1) is 18.3 Å². The maximum atomic E-state index is 9.59. The predicted molar refractivity (Wildman–Crippen MR) is 49.1 cm³/mol. The monoisotopic (exact) mass is 172 g/mol. The molecule has 0 radical (unpaired) electrons. The van der Waals surface area contributed by atoms with Gasteiger partial charge in [0.1, 0.15) is 0 Å².